The normalized spacial score (nSPS) is 28.3. The van der Waals surface area contributed by atoms with Gasteiger partial charge in [-0.2, -0.15) is 0 Å². The zero-order valence-corrected chi connectivity index (χ0v) is 16.3. The summed E-state index contributed by atoms with van der Waals surface area (Å²) >= 11 is 0. The lowest BCUT2D eigenvalue weighted by molar-refractivity contribution is -0.136. The minimum Gasteiger partial charge on any atom is -0.371 e. The number of hydrogen-bond acceptors (Lipinski definition) is 6. The van der Waals surface area contributed by atoms with Gasteiger partial charge < -0.3 is 20.3 Å². The number of nitrogens with zero attached hydrogens (tertiary/aromatic N) is 1. The number of carbonyl (C=O) groups is 3. The van der Waals surface area contributed by atoms with Crippen LogP contribution in [0.5, 0.6) is 0 Å². The predicted octanol–water partition coefficient (Wildman–Crippen LogP) is 0.0582. The van der Waals surface area contributed by atoms with E-state index in [0.717, 1.165) is 37.1 Å². The van der Waals surface area contributed by atoms with E-state index < -0.39 is 6.04 Å². The van der Waals surface area contributed by atoms with Crippen molar-refractivity contribution >= 4 is 17.7 Å². The van der Waals surface area contributed by atoms with Crippen LogP contribution < -0.4 is 16.0 Å². The first-order chi connectivity index (χ1) is 14.0. The molecular weight excluding hydrogens is 372 g/mol. The maximum Gasteiger partial charge on any atom is 0.255 e. The van der Waals surface area contributed by atoms with Crippen LogP contribution in [0.15, 0.2) is 18.2 Å². The molecule has 8 heteroatoms. The van der Waals surface area contributed by atoms with Gasteiger partial charge in [0.15, 0.2) is 0 Å². The van der Waals surface area contributed by atoms with Crippen molar-refractivity contribution in [2.24, 2.45) is 0 Å². The van der Waals surface area contributed by atoms with Crippen molar-refractivity contribution in [3.05, 3.63) is 34.9 Å². The van der Waals surface area contributed by atoms with Gasteiger partial charge in [0.05, 0.1) is 12.2 Å². The highest BCUT2D eigenvalue weighted by Gasteiger charge is 2.42. The van der Waals surface area contributed by atoms with Crippen molar-refractivity contribution in [2.45, 2.75) is 56.5 Å². The quantitative estimate of drug-likeness (QED) is 0.621. The Kier molecular flexibility index (Phi) is 4.64. The predicted molar refractivity (Wildman–Crippen MR) is 104 cm³/mol. The fourth-order valence-electron chi connectivity index (χ4n) is 4.78. The van der Waals surface area contributed by atoms with E-state index in [2.05, 4.69) is 16.0 Å². The first kappa shape index (κ1) is 18.7. The fraction of sp³-hybridized carbons (Fsp3) is 0.571. The summed E-state index contributed by atoms with van der Waals surface area (Å²) in [7, 11) is 0. The van der Waals surface area contributed by atoms with Gasteiger partial charge >= 0.3 is 0 Å². The van der Waals surface area contributed by atoms with E-state index in [-0.39, 0.29) is 29.7 Å². The molecule has 3 N–H and O–H groups in total. The third kappa shape index (κ3) is 3.35. The zero-order chi connectivity index (χ0) is 20.0. The van der Waals surface area contributed by atoms with Gasteiger partial charge in [-0.15, -0.1) is 0 Å². The van der Waals surface area contributed by atoms with Gasteiger partial charge in [0.25, 0.3) is 5.91 Å². The summed E-state index contributed by atoms with van der Waals surface area (Å²) in [6, 6.07) is 5.49. The second-order valence-electron chi connectivity index (χ2n) is 8.56. The minimum absolute atomic E-state index is 0.0566. The Morgan fingerprint density at radius 2 is 2.07 bits per heavy atom. The van der Waals surface area contributed by atoms with Crippen molar-refractivity contribution in [3.8, 4) is 0 Å². The summed E-state index contributed by atoms with van der Waals surface area (Å²) in [5.74, 6) is -0.771. The molecule has 2 atom stereocenters. The van der Waals surface area contributed by atoms with Crippen LogP contribution in [-0.4, -0.2) is 60.0 Å². The van der Waals surface area contributed by atoms with Gasteiger partial charge in [-0.25, -0.2) is 0 Å². The van der Waals surface area contributed by atoms with Crippen LogP contribution in [0.25, 0.3) is 0 Å². The molecule has 2 unspecified atom stereocenters. The highest BCUT2D eigenvalue weighted by atomic mass is 16.5. The molecule has 3 amide bonds. The number of imide groups is 1. The van der Waals surface area contributed by atoms with E-state index >= 15 is 0 Å². The Bertz CT molecular complexity index is 856. The third-order valence-electron chi connectivity index (χ3n) is 6.69. The summed E-state index contributed by atoms with van der Waals surface area (Å²) in [4.78, 5) is 38.2. The molecule has 0 aromatic heterocycles. The first-order valence-electron chi connectivity index (χ1n) is 10.4. The Hall–Kier alpha value is -2.29. The standard InChI is InChI=1S/C21H26N4O4/c26-18-5-4-17(19(27)24-18)25-9-16-13(2-1-3-15(16)20(25)28)8-23-14-6-7-21(29-10-14)11-22-12-21/h1-3,14,17,22-23H,4-12H2,(H,24,26,27). The van der Waals surface area contributed by atoms with Crippen LogP contribution in [0.1, 0.15) is 47.2 Å². The minimum atomic E-state index is -0.576. The molecular formula is C21H26N4O4. The molecule has 154 valence electrons. The molecule has 3 saturated heterocycles. The molecule has 0 saturated carbocycles. The Labute approximate surface area is 169 Å². The molecule has 0 bridgehead atoms. The lowest BCUT2D eigenvalue weighted by atomic mass is 9.87. The Balaban J connectivity index is 1.25. The monoisotopic (exact) mass is 398 g/mol. The van der Waals surface area contributed by atoms with E-state index in [1.807, 2.05) is 18.2 Å². The lowest BCUT2D eigenvalue weighted by Crippen LogP contribution is -2.64. The van der Waals surface area contributed by atoms with Crippen molar-refractivity contribution in [3.63, 3.8) is 0 Å². The lowest BCUT2D eigenvalue weighted by Gasteiger charge is -2.47. The van der Waals surface area contributed by atoms with E-state index in [0.29, 0.717) is 37.7 Å². The maximum absolute atomic E-state index is 12.9. The van der Waals surface area contributed by atoms with Crippen LogP contribution in [-0.2, 0) is 27.4 Å². The maximum atomic E-state index is 12.9. The van der Waals surface area contributed by atoms with Crippen LogP contribution in [0.4, 0.5) is 0 Å². The van der Waals surface area contributed by atoms with Crippen LogP contribution in [0.2, 0.25) is 0 Å². The molecule has 29 heavy (non-hydrogen) atoms. The summed E-state index contributed by atoms with van der Waals surface area (Å²) in [6.45, 7) is 3.68. The van der Waals surface area contributed by atoms with E-state index in [4.69, 9.17) is 4.74 Å². The molecule has 8 nitrogen and oxygen atoms in total. The molecule has 5 rings (SSSR count). The highest BCUT2D eigenvalue weighted by Crippen LogP contribution is 2.31. The SMILES string of the molecule is O=C1CCC(N2Cc3c(CNC4CCC5(CNC5)OC4)cccc3C2=O)C(=O)N1. The average Bonchev–Trinajstić information content (AvgIpc) is 3.03. The number of fused-ring (bicyclic) bond motifs is 1. The van der Waals surface area contributed by atoms with Gasteiger partial charge in [-0.1, -0.05) is 12.1 Å². The zero-order valence-electron chi connectivity index (χ0n) is 16.3. The molecule has 4 heterocycles. The van der Waals surface area contributed by atoms with Crippen molar-refractivity contribution < 1.29 is 19.1 Å². The number of amides is 3. The smallest absolute Gasteiger partial charge is 0.255 e. The number of hydrogen-bond donors (Lipinski definition) is 3. The number of carbonyl (C=O) groups excluding carboxylic acids is 3. The van der Waals surface area contributed by atoms with Crippen molar-refractivity contribution in [2.75, 3.05) is 19.7 Å². The number of ether oxygens (including phenoxy) is 1. The number of nitrogens with one attached hydrogen (secondary N) is 3. The molecule has 0 aliphatic carbocycles. The number of piperidine rings is 1. The van der Waals surface area contributed by atoms with E-state index in [1.54, 1.807) is 4.90 Å². The summed E-state index contributed by atoms with van der Waals surface area (Å²) < 4.78 is 6.07. The average molecular weight is 398 g/mol. The topological polar surface area (TPSA) is 99.8 Å². The van der Waals surface area contributed by atoms with Gasteiger partial charge in [-0.05, 0) is 36.5 Å². The molecule has 3 fully saturated rings. The summed E-state index contributed by atoms with van der Waals surface area (Å²) in [6.07, 6.45) is 2.79. The fourth-order valence-corrected chi connectivity index (χ4v) is 4.78. The Morgan fingerprint density at radius 3 is 2.76 bits per heavy atom. The largest absolute Gasteiger partial charge is 0.371 e. The van der Waals surface area contributed by atoms with E-state index in [9.17, 15) is 14.4 Å². The van der Waals surface area contributed by atoms with Crippen LogP contribution in [0.3, 0.4) is 0 Å². The van der Waals surface area contributed by atoms with Gasteiger partial charge in [0.2, 0.25) is 11.8 Å². The number of rotatable bonds is 4. The van der Waals surface area contributed by atoms with E-state index in [1.165, 1.54) is 0 Å². The van der Waals surface area contributed by atoms with Gasteiger partial charge in [-0.3, -0.25) is 19.7 Å². The van der Waals surface area contributed by atoms with Crippen molar-refractivity contribution in [1.82, 2.24) is 20.9 Å². The van der Waals surface area contributed by atoms with Crippen LogP contribution >= 0.6 is 0 Å². The molecule has 4 aliphatic rings. The van der Waals surface area contributed by atoms with Crippen LogP contribution in [0, 0.1) is 0 Å². The van der Waals surface area contributed by atoms with Gasteiger partial charge in [0.1, 0.15) is 6.04 Å². The summed E-state index contributed by atoms with van der Waals surface area (Å²) in [5, 5.41) is 9.21. The first-order valence-corrected chi connectivity index (χ1v) is 10.4. The molecule has 4 aliphatic heterocycles. The highest BCUT2D eigenvalue weighted by molar-refractivity contribution is 6.05. The second-order valence-corrected chi connectivity index (χ2v) is 8.56. The third-order valence-corrected chi connectivity index (χ3v) is 6.69. The summed E-state index contributed by atoms with van der Waals surface area (Å²) in [5.41, 5.74) is 2.77. The van der Waals surface area contributed by atoms with Crippen molar-refractivity contribution in [1.29, 1.82) is 0 Å². The number of benzene rings is 1. The molecule has 1 spiro atoms. The molecule has 0 radical (unpaired) electrons. The van der Waals surface area contributed by atoms with Gasteiger partial charge in [0, 0.05) is 44.2 Å². The Morgan fingerprint density at radius 1 is 1.21 bits per heavy atom. The molecule has 1 aromatic rings. The molecule has 1 aromatic carbocycles. The second kappa shape index (κ2) is 7.19.